The molecule has 0 saturated heterocycles. The molecule has 6 unspecified atom stereocenters. The van der Waals surface area contributed by atoms with Gasteiger partial charge in [0.2, 0.25) is 0 Å². The summed E-state index contributed by atoms with van der Waals surface area (Å²) in [5.74, 6) is -1.68. The van der Waals surface area contributed by atoms with Crippen LogP contribution in [0.1, 0.15) is 37.1 Å². The Kier molecular flexibility index (Phi) is 19.1. The lowest BCUT2D eigenvalue weighted by atomic mass is 10.1. The van der Waals surface area contributed by atoms with Crippen molar-refractivity contribution < 1.29 is 38.1 Å². The van der Waals surface area contributed by atoms with Crippen molar-refractivity contribution in [2.24, 2.45) is 0 Å². The maximum absolute atomic E-state index is 12.7. The van der Waals surface area contributed by atoms with Crippen molar-refractivity contribution in [2.45, 2.75) is 50.3 Å². The second-order valence-corrected chi connectivity index (χ2v) is 9.97. The van der Waals surface area contributed by atoms with Crippen LogP contribution < -0.4 is 21.3 Å². The SMILES string of the molecule is C=CCNC(=O)C(OC)C(OC)C(=O)NCC=C.COC(C(=O)NC(C)c1ccccc1)C(OC)C(=O)NC(C)c1ccccc1. The highest BCUT2D eigenvalue weighted by Crippen LogP contribution is 2.15. The Balaban J connectivity index is 0.000000510. The molecule has 0 spiro atoms. The number of benzene rings is 2. The lowest BCUT2D eigenvalue weighted by Crippen LogP contribution is -2.52. The van der Waals surface area contributed by atoms with E-state index in [9.17, 15) is 19.2 Å². The molecule has 0 saturated carbocycles. The van der Waals surface area contributed by atoms with Crippen molar-refractivity contribution in [3.05, 3.63) is 97.1 Å². The molecular weight excluding hydrogens is 592 g/mol. The molecule has 4 amide bonds. The zero-order chi connectivity index (χ0) is 34.5. The number of hydrogen-bond donors (Lipinski definition) is 4. The molecule has 0 aliphatic heterocycles. The first kappa shape index (κ1) is 39.7. The van der Waals surface area contributed by atoms with Crippen molar-refractivity contribution in [1.29, 1.82) is 0 Å². The summed E-state index contributed by atoms with van der Waals surface area (Å²) in [5, 5.41) is 10.8. The number of hydrogen-bond acceptors (Lipinski definition) is 8. The summed E-state index contributed by atoms with van der Waals surface area (Å²) in [6, 6.07) is 18.7. The fourth-order valence-corrected chi connectivity index (χ4v) is 4.26. The second-order valence-electron chi connectivity index (χ2n) is 9.97. The van der Waals surface area contributed by atoms with E-state index in [0.717, 1.165) is 11.1 Å². The Morgan fingerprint density at radius 1 is 0.565 bits per heavy atom. The molecule has 252 valence electrons. The number of methoxy groups -OCH3 is 4. The Morgan fingerprint density at radius 2 is 0.848 bits per heavy atom. The lowest BCUT2D eigenvalue weighted by molar-refractivity contribution is -0.152. The molecule has 0 radical (unpaired) electrons. The quantitative estimate of drug-likeness (QED) is 0.181. The van der Waals surface area contributed by atoms with Gasteiger partial charge in [0, 0.05) is 41.5 Å². The molecule has 2 rings (SSSR count). The summed E-state index contributed by atoms with van der Waals surface area (Å²) in [4.78, 5) is 48.9. The van der Waals surface area contributed by atoms with E-state index in [1.165, 1.54) is 40.6 Å². The van der Waals surface area contributed by atoms with Crippen LogP contribution >= 0.6 is 0 Å². The van der Waals surface area contributed by atoms with Crippen LogP contribution in [0, 0.1) is 0 Å². The number of rotatable bonds is 18. The number of carbonyl (C=O) groups excluding carboxylic acids is 4. The average Bonchev–Trinajstić information content (AvgIpc) is 3.07. The van der Waals surface area contributed by atoms with E-state index in [4.69, 9.17) is 18.9 Å². The van der Waals surface area contributed by atoms with Crippen LogP contribution in [0.15, 0.2) is 86.0 Å². The van der Waals surface area contributed by atoms with Crippen molar-refractivity contribution in [2.75, 3.05) is 41.5 Å². The van der Waals surface area contributed by atoms with Crippen LogP contribution in [-0.4, -0.2) is 89.6 Å². The maximum atomic E-state index is 12.7. The Morgan fingerprint density at radius 3 is 1.11 bits per heavy atom. The van der Waals surface area contributed by atoms with Gasteiger partial charge in [-0.15, -0.1) is 13.2 Å². The molecule has 0 fully saturated rings. The van der Waals surface area contributed by atoms with Gasteiger partial charge in [-0.1, -0.05) is 72.8 Å². The highest BCUT2D eigenvalue weighted by Gasteiger charge is 2.36. The fraction of sp³-hybridized carbons (Fsp3) is 0.412. The number of carbonyl (C=O) groups is 4. The number of nitrogens with one attached hydrogen (secondary N) is 4. The predicted molar refractivity (Wildman–Crippen MR) is 176 cm³/mol. The van der Waals surface area contributed by atoms with Gasteiger partial charge in [0.1, 0.15) is 0 Å². The Hall–Kier alpha value is -4.36. The van der Waals surface area contributed by atoms with Crippen LogP contribution in [-0.2, 0) is 38.1 Å². The monoisotopic (exact) mass is 640 g/mol. The van der Waals surface area contributed by atoms with Crippen molar-refractivity contribution in [3.63, 3.8) is 0 Å². The zero-order valence-electron chi connectivity index (χ0n) is 27.5. The van der Waals surface area contributed by atoms with Gasteiger partial charge in [0.05, 0.1) is 12.1 Å². The first-order valence-corrected chi connectivity index (χ1v) is 14.7. The minimum Gasteiger partial charge on any atom is -0.368 e. The summed E-state index contributed by atoms with van der Waals surface area (Å²) in [6.45, 7) is 11.3. The fourth-order valence-electron chi connectivity index (χ4n) is 4.26. The van der Waals surface area contributed by atoms with Gasteiger partial charge in [0.25, 0.3) is 23.6 Å². The van der Waals surface area contributed by atoms with E-state index in [0.29, 0.717) is 13.1 Å². The third-order valence-corrected chi connectivity index (χ3v) is 6.76. The molecule has 0 aliphatic carbocycles. The molecule has 2 aromatic rings. The first-order valence-electron chi connectivity index (χ1n) is 14.7. The zero-order valence-corrected chi connectivity index (χ0v) is 27.5. The van der Waals surface area contributed by atoms with E-state index in [-0.39, 0.29) is 12.1 Å². The average molecular weight is 641 g/mol. The van der Waals surface area contributed by atoms with Crippen LogP contribution in [0.4, 0.5) is 0 Å². The molecule has 12 nitrogen and oxygen atoms in total. The molecule has 0 aromatic heterocycles. The van der Waals surface area contributed by atoms with Gasteiger partial charge in [0.15, 0.2) is 24.4 Å². The summed E-state index contributed by atoms with van der Waals surface area (Å²) >= 11 is 0. The third kappa shape index (κ3) is 12.9. The van der Waals surface area contributed by atoms with E-state index in [1.807, 2.05) is 74.5 Å². The minimum absolute atomic E-state index is 0.227. The van der Waals surface area contributed by atoms with Gasteiger partial charge >= 0.3 is 0 Å². The lowest BCUT2D eigenvalue weighted by Gasteiger charge is -2.26. The summed E-state index contributed by atoms with van der Waals surface area (Å²) < 4.78 is 20.6. The molecule has 46 heavy (non-hydrogen) atoms. The third-order valence-electron chi connectivity index (χ3n) is 6.76. The molecule has 6 atom stereocenters. The van der Waals surface area contributed by atoms with E-state index in [1.54, 1.807) is 0 Å². The molecule has 2 aromatic carbocycles. The van der Waals surface area contributed by atoms with Gasteiger partial charge in [-0.3, -0.25) is 19.2 Å². The number of ether oxygens (including phenoxy) is 4. The molecule has 4 N–H and O–H groups in total. The van der Waals surface area contributed by atoms with Gasteiger partial charge < -0.3 is 40.2 Å². The normalized spacial score (nSPS) is 14.4. The molecular formula is C34H48N4O8. The topological polar surface area (TPSA) is 153 Å². The summed E-state index contributed by atoms with van der Waals surface area (Å²) in [6.07, 6.45) is -1.10. The van der Waals surface area contributed by atoms with E-state index < -0.39 is 48.0 Å². The highest BCUT2D eigenvalue weighted by molar-refractivity contribution is 5.92. The van der Waals surface area contributed by atoms with Crippen LogP contribution in [0.2, 0.25) is 0 Å². The summed E-state index contributed by atoms with van der Waals surface area (Å²) in [5.41, 5.74) is 1.92. The van der Waals surface area contributed by atoms with E-state index in [2.05, 4.69) is 34.4 Å². The van der Waals surface area contributed by atoms with Gasteiger partial charge in [-0.25, -0.2) is 0 Å². The standard InChI is InChI=1S/C22H28N2O4.C12H20N2O4/c1-15(17-11-7-5-8-12-17)23-21(25)19(27-3)20(28-4)22(26)24-16(2)18-13-9-6-10-14-18;1-5-7-13-11(15)9(17-3)10(18-4)12(16)14-8-6-2/h5-16,19-20H,1-4H3,(H,23,25)(H,24,26);5-6,9-10H,1-2,7-8H2,3-4H3,(H,13,15)(H,14,16). The Bertz CT molecular complexity index is 1130. The van der Waals surface area contributed by atoms with Crippen molar-refractivity contribution >= 4 is 23.6 Å². The molecule has 0 aliphatic rings. The first-order chi connectivity index (χ1) is 22.1. The van der Waals surface area contributed by atoms with Crippen molar-refractivity contribution in [3.8, 4) is 0 Å². The van der Waals surface area contributed by atoms with Crippen LogP contribution in [0.3, 0.4) is 0 Å². The second kappa shape index (κ2) is 22.2. The number of amides is 4. The summed E-state index contributed by atoms with van der Waals surface area (Å²) in [7, 11) is 5.45. The largest absolute Gasteiger partial charge is 0.368 e. The van der Waals surface area contributed by atoms with Crippen LogP contribution in [0.25, 0.3) is 0 Å². The Labute approximate surface area is 271 Å². The molecule has 0 bridgehead atoms. The maximum Gasteiger partial charge on any atom is 0.252 e. The highest BCUT2D eigenvalue weighted by atomic mass is 16.5. The molecule has 12 heteroatoms. The predicted octanol–water partition coefficient (Wildman–Crippen LogP) is 2.39. The smallest absolute Gasteiger partial charge is 0.252 e. The minimum atomic E-state index is -1.07. The van der Waals surface area contributed by atoms with Gasteiger partial charge in [-0.2, -0.15) is 0 Å². The van der Waals surface area contributed by atoms with Crippen LogP contribution in [0.5, 0.6) is 0 Å². The van der Waals surface area contributed by atoms with Crippen molar-refractivity contribution in [1.82, 2.24) is 21.3 Å². The van der Waals surface area contributed by atoms with Gasteiger partial charge in [-0.05, 0) is 25.0 Å². The molecule has 0 heterocycles. The van der Waals surface area contributed by atoms with E-state index >= 15 is 0 Å².